The Morgan fingerprint density at radius 1 is 1.23 bits per heavy atom. The minimum Gasteiger partial charge on any atom is -0.497 e. The molecule has 0 radical (unpaired) electrons. The third kappa shape index (κ3) is 2.46. The van der Waals surface area contributed by atoms with E-state index >= 15 is 0 Å². The van der Waals surface area contributed by atoms with Crippen LogP contribution in [0.1, 0.15) is 34.6 Å². The summed E-state index contributed by atoms with van der Waals surface area (Å²) in [6, 6.07) is 9.62. The molecule has 1 atom stereocenters. The first kappa shape index (κ1) is 14.9. The first-order valence-electron chi connectivity index (χ1n) is 7.15. The van der Waals surface area contributed by atoms with Crippen LogP contribution in [-0.2, 0) is 4.79 Å². The number of hydrogen-bond acceptors (Lipinski definition) is 3. The zero-order valence-corrected chi connectivity index (χ0v) is 13.5. The van der Waals surface area contributed by atoms with Gasteiger partial charge in [0.2, 0.25) is 0 Å². The Morgan fingerprint density at radius 2 is 1.91 bits per heavy atom. The Bertz CT molecular complexity index is 735. The highest BCUT2D eigenvalue weighted by Crippen LogP contribution is 2.44. The molecule has 2 aromatic rings. The molecule has 0 bridgehead atoms. The standard InChI is InChI=1S/C18H17ClO3/c1-10-8-15-17(11(2)18(10)19)14(9-16(20)22-15)12-4-6-13(21-3)7-5-12/h4-8,14H,9H2,1-3H3/t14-/m0/s1. The molecule has 0 aromatic heterocycles. The summed E-state index contributed by atoms with van der Waals surface area (Å²) in [4.78, 5) is 12.0. The zero-order valence-electron chi connectivity index (χ0n) is 12.8. The molecule has 2 aromatic carbocycles. The molecule has 4 heteroatoms. The van der Waals surface area contributed by atoms with Gasteiger partial charge in [0.15, 0.2) is 0 Å². The molecule has 1 aliphatic heterocycles. The van der Waals surface area contributed by atoms with Crippen molar-refractivity contribution in [1.29, 1.82) is 0 Å². The van der Waals surface area contributed by atoms with Gasteiger partial charge in [0.05, 0.1) is 13.5 Å². The predicted molar refractivity (Wildman–Crippen MR) is 86.0 cm³/mol. The predicted octanol–water partition coefficient (Wildman–Crippen LogP) is 4.41. The number of carbonyl (C=O) groups excluding carboxylic acids is 1. The second-order valence-corrected chi connectivity index (χ2v) is 5.93. The van der Waals surface area contributed by atoms with Crippen molar-refractivity contribution >= 4 is 17.6 Å². The summed E-state index contributed by atoms with van der Waals surface area (Å²) in [6.45, 7) is 3.89. The van der Waals surface area contributed by atoms with E-state index in [0.29, 0.717) is 12.2 Å². The molecule has 0 spiro atoms. The largest absolute Gasteiger partial charge is 0.497 e. The van der Waals surface area contributed by atoms with Gasteiger partial charge in [-0.15, -0.1) is 0 Å². The Balaban J connectivity index is 2.14. The smallest absolute Gasteiger partial charge is 0.312 e. The lowest BCUT2D eigenvalue weighted by atomic mass is 9.83. The summed E-state index contributed by atoms with van der Waals surface area (Å²) in [7, 11) is 1.63. The van der Waals surface area contributed by atoms with Gasteiger partial charge in [-0.3, -0.25) is 4.79 Å². The minimum absolute atomic E-state index is 0.0414. The molecule has 0 amide bonds. The maximum atomic E-state index is 12.0. The number of methoxy groups -OCH3 is 1. The zero-order chi connectivity index (χ0) is 15.9. The van der Waals surface area contributed by atoms with E-state index in [2.05, 4.69) is 0 Å². The van der Waals surface area contributed by atoms with Crippen molar-refractivity contribution in [3.05, 3.63) is 57.6 Å². The van der Waals surface area contributed by atoms with E-state index in [1.165, 1.54) is 0 Å². The van der Waals surface area contributed by atoms with Gasteiger partial charge < -0.3 is 9.47 Å². The lowest BCUT2D eigenvalue weighted by molar-refractivity contribution is -0.135. The van der Waals surface area contributed by atoms with Crippen molar-refractivity contribution in [3.8, 4) is 11.5 Å². The highest BCUT2D eigenvalue weighted by atomic mass is 35.5. The molecule has 0 saturated carbocycles. The molecule has 3 nitrogen and oxygen atoms in total. The fourth-order valence-corrected chi connectivity index (χ4v) is 3.16. The van der Waals surface area contributed by atoms with Gasteiger partial charge in [-0.1, -0.05) is 23.7 Å². The molecule has 3 rings (SSSR count). The first-order valence-corrected chi connectivity index (χ1v) is 7.53. The van der Waals surface area contributed by atoms with E-state index in [9.17, 15) is 4.79 Å². The Kier molecular flexibility index (Phi) is 3.83. The van der Waals surface area contributed by atoms with Crippen LogP contribution in [0.4, 0.5) is 0 Å². The van der Waals surface area contributed by atoms with Crippen LogP contribution in [0.25, 0.3) is 0 Å². The quantitative estimate of drug-likeness (QED) is 0.608. The highest BCUT2D eigenvalue weighted by Gasteiger charge is 2.31. The first-order chi connectivity index (χ1) is 10.5. The maximum absolute atomic E-state index is 12.0. The monoisotopic (exact) mass is 316 g/mol. The maximum Gasteiger partial charge on any atom is 0.312 e. The number of ether oxygens (including phenoxy) is 2. The Labute approximate surface area is 134 Å². The van der Waals surface area contributed by atoms with Crippen molar-refractivity contribution in [2.45, 2.75) is 26.2 Å². The van der Waals surface area contributed by atoms with E-state index in [-0.39, 0.29) is 11.9 Å². The van der Waals surface area contributed by atoms with Gasteiger partial charge in [0.1, 0.15) is 11.5 Å². The van der Waals surface area contributed by atoms with E-state index < -0.39 is 0 Å². The van der Waals surface area contributed by atoms with Crippen LogP contribution in [0.2, 0.25) is 5.02 Å². The van der Waals surface area contributed by atoms with E-state index in [0.717, 1.165) is 33.0 Å². The van der Waals surface area contributed by atoms with Crippen LogP contribution in [0.3, 0.4) is 0 Å². The molecule has 0 saturated heterocycles. The van der Waals surface area contributed by atoms with Crippen LogP contribution in [-0.4, -0.2) is 13.1 Å². The molecular formula is C18H17ClO3. The fraction of sp³-hybridized carbons (Fsp3) is 0.278. The van der Waals surface area contributed by atoms with Crippen molar-refractivity contribution in [2.75, 3.05) is 7.11 Å². The number of rotatable bonds is 2. The summed E-state index contributed by atoms with van der Waals surface area (Å²) < 4.78 is 10.6. The van der Waals surface area contributed by atoms with Gasteiger partial charge in [0.25, 0.3) is 0 Å². The lowest BCUT2D eigenvalue weighted by Crippen LogP contribution is -2.22. The van der Waals surface area contributed by atoms with Crippen LogP contribution in [0.5, 0.6) is 11.5 Å². The van der Waals surface area contributed by atoms with Gasteiger partial charge in [0, 0.05) is 16.5 Å². The van der Waals surface area contributed by atoms with Crippen LogP contribution in [0, 0.1) is 13.8 Å². The van der Waals surface area contributed by atoms with Crippen molar-refractivity contribution in [2.24, 2.45) is 0 Å². The van der Waals surface area contributed by atoms with Crippen LogP contribution < -0.4 is 9.47 Å². The number of benzene rings is 2. The summed E-state index contributed by atoms with van der Waals surface area (Å²) in [5, 5.41) is 0.732. The Morgan fingerprint density at radius 3 is 2.55 bits per heavy atom. The molecule has 0 fully saturated rings. The van der Waals surface area contributed by atoms with Crippen LogP contribution in [0.15, 0.2) is 30.3 Å². The van der Waals surface area contributed by atoms with Gasteiger partial charge in [-0.25, -0.2) is 0 Å². The SMILES string of the molecule is COc1ccc([C@@H]2CC(=O)Oc3cc(C)c(Cl)c(C)c32)cc1. The van der Waals surface area contributed by atoms with Crippen molar-refractivity contribution in [3.63, 3.8) is 0 Å². The van der Waals surface area contributed by atoms with E-state index in [4.69, 9.17) is 21.1 Å². The lowest BCUT2D eigenvalue weighted by Gasteiger charge is -2.28. The van der Waals surface area contributed by atoms with Crippen molar-refractivity contribution in [1.82, 2.24) is 0 Å². The van der Waals surface area contributed by atoms with Crippen molar-refractivity contribution < 1.29 is 14.3 Å². The number of aryl methyl sites for hydroxylation is 1. The van der Waals surface area contributed by atoms with Gasteiger partial charge in [-0.05, 0) is 48.7 Å². The summed E-state index contributed by atoms with van der Waals surface area (Å²) in [6.07, 6.45) is 0.319. The normalized spacial score (nSPS) is 16.9. The average molecular weight is 317 g/mol. The fourth-order valence-electron chi connectivity index (χ4n) is 3.01. The molecule has 0 aliphatic carbocycles. The molecule has 1 aliphatic rings. The van der Waals surface area contributed by atoms with E-state index in [1.807, 2.05) is 44.2 Å². The number of halogens is 1. The summed E-state index contributed by atoms with van der Waals surface area (Å²) in [5.74, 6) is 1.16. The summed E-state index contributed by atoms with van der Waals surface area (Å²) >= 11 is 6.39. The third-order valence-corrected chi connectivity index (χ3v) is 4.74. The number of fused-ring (bicyclic) bond motifs is 1. The molecule has 22 heavy (non-hydrogen) atoms. The number of esters is 1. The Hall–Kier alpha value is -2.00. The second kappa shape index (κ2) is 5.65. The topological polar surface area (TPSA) is 35.5 Å². The number of carbonyl (C=O) groups is 1. The molecule has 0 unspecified atom stereocenters. The van der Waals surface area contributed by atoms with Crippen LogP contribution >= 0.6 is 11.6 Å². The molecule has 114 valence electrons. The second-order valence-electron chi connectivity index (χ2n) is 5.55. The van der Waals surface area contributed by atoms with Gasteiger partial charge in [-0.2, -0.15) is 0 Å². The molecular weight excluding hydrogens is 300 g/mol. The molecule has 0 N–H and O–H groups in total. The van der Waals surface area contributed by atoms with Gasteiger partial charge >= 0.3 is 5.97 Å². The molecule has 1 heterocycles. The third-order valence-electron chi connectivity index (χ3n) is 4.15. The summed E-state index contributed by atoms with van der Waals surface area (Å²) in [5.41, 5.74) is 3.95. The highest BCUT2D eigenvalue weighted by molar-refractivity contribution is 6.32. The average Bonchev–Trinajstić information content (AvgIpc) is 2.52. The van der Waals surface area contributed by atoms with E-state index in [1.54, 1.807) is 7.11 Å². The minimum atomic E-state index is -0.213. The number of hydrogen-bond donors (Lipinski definition) is 0.